The molecule has 36 heavy (non-hydrogen) atoms. The van der Waals surface area contributed by atoms with Gasteiger partial charge in [0.15, 0.2) is 0 Å². The van der Waals surface area contributed by atoms with E-state index >= 15 is 0 Å². The zero-order valence-electron chi connectivity index (χ0n) is 20.5. The number of phenolic OH excluding ortho intramolecular Hbond substituents is 1. The van der Waals surface area contributed by atoms with Gasteiger partial charge in [0.05, 0.1) is 4.70 Å². The molecule has 0 aliphatic heterocycles. The van der Waals surface area contributed by atoms with E-state index in [-0.39, 0.29) is 22.3 Å². The topological polar surface area (TPSA) is 97.5 Å². The number of hydrogen-bond donors (Lipinski definition) is 4. The first-order valence-corrected chi connectivity index (χ1v) is 13.6. The van der Waals surface area contributed by atoms with Gasteiger partial charge in [-0.1, -0.05) is 42.4 Å². The van der Waals surface area contributed by atoms with Gasteiger partial charge in [-0.25, -0.2) is 4.39 Å². The number of phenols is 1. The van der Waals surface area contributed by atoms with Crippen molar-refractivity contribution in [3.63, 3.8) is 0 Å². The predicted molar refractivity (Wildman–Crippen MR) is 142 cm³/mol. The molecular weight excluding hydrogens is 479 g/mol. The van der Waals surface area contributed by atoms with Gasteiger partial charge in [-0.05, 0) is 68.1 Å². The van der Waals surface area contributed by atoms with Gasteiger partial charge < -0.3 is 25.6 Å². The number of aromatic nitrogens is 1. The maximum atomic E-state index is 13.3. The van der Waals surface area contributed by atoms with Crippen molar-refractivity contribution >= 4 is 27.5 Å². The Morgan fingerprint density at radius 2 is 1.86 bits per heavy atom. The molecule has 7 nitrogen and oxygen atoms in total. The fourth-order valence-electron chi connectivity index (χ4n) is 4.93. The molecule has 1 aliphatic carbocycles. The molecule has 0 spiro atoms. The van der Waals surface area contributed by atoms with Crippen molar-refractivity contribution in [3.8, 4) is 5.75 Å². The van der Waals surface area contributed by atoms with Crippen molar-refractivity contribution in [1.82, 2.24) is 20.5 Å². The highest BCUT2D eigenvalue weighted by Crippen LogP contribution is 2.28. The SMILES string of the molecule is O=C(CCNCCc1cccc(F)c1)N(CCNCCc1ccc(O)c2[nH]c(=O)sc12)C1CCCC1. The Morgan fingerprint density at radius 1 is 1.08 bits per heavy atom. The number of aromatic hydroxyl groups is 1. The number of hydrogen-bond acceptors (Lipinski definition) is 6. The predicted octanol–water partition coefficient (Wildman–Crippen LogP) is 3.56. The third kappa shape index (κ3) is 7.15. The van der Waals surface area contributed by atoms with Crippen molar-refractivity contribution in [3.05, 3.63) is 63.0 Å². The minimum absolute atomic E-state index is 0.0919. The summed E-state index contributed by atoms with van der Waals surface area (Å²) in [6.45, 7) is 3.43. The second kappa shape index (κ2) is 13.0. The highest BCUT2D eigenvalue weighted by atomic mass is 32.1. The van der Waals surface area contributed by atoms with E-state index in [0.717, 1.165) is 59.4 Å². The largest absolute Gasteiger partial charge is 0.506 e. The van der Waals surface area contributed by atoms with E-state index in [1.54, 1.807) is 18.2 Å². The molecule has 4 rings (SSSR count). The first-order valence-electron chi connectivity index (χ1n) is 12.8. The molecule has 1 amide bonds. The zero-order chi connectivity index (χ0) is 25.3. The summed E-state index contributed by atoms with van der Waals surface area (Å²) in [5.74, 6) is 0.0509. The normalized spacial score (nSPS) is 14.0. The van der Waals surface area contributed by atoms with Crippen LogP contribution in [0.2, 0.25) is 0 Å². The first kappa shape index (κ1) is 26.3. The Kier molecular flexibility index (Phi) is 9.49. The van der Waals surface area contributed by atoms with E-state index < -0.39 is 0 Å². The monoisotopic (exact) mass is 514 g/mol. The molecule has 3 aromatic rings. The highest BCUT2D eigenvalue weighted by Gasteiger charge is 2.25. The number of nitrogens with one attached hydrogen (secondary N) is 3. The molecule has 1 saturated carbocycles. The number of rotatable bonds is 13. The van der Waals surface area contributed by atoms with E-state index in [2.05, 4.69) is 15.6 Å². The van der Waals surface area contributed by atoms with Crippen molar-refractivity contribution < 1.29 is 14.3 Å². The summed E-state index contributed by atoms with van der Waals surface area (Å²) in [6.07, 6.45) is 6.39. The summed E-state index contributed by atoms with van der Waals surface area (Å²) >= 11 is 1.12. The minimum Gasteiger partial charge on any atom is -0.506 e. The van der Waals surface area contributed by atoms with E-state index in [1.165, 1.54) is 18.9 Å². The van der Waals surface area contributed by atoms with Crippen LogP contribution < -0.4 is 15.5 Å². The van der Waals surface area contributed by atoms with E-state index in [0.29, 0.717) is 44.2 Å². The van der Waals surface area contributed by atoms with Crippen molar-refractivity contribution in [2.24, 2.45) is 0 Å². The molecular formula is C27H35FN4O3S. The summed E-state index contributed by atoms with van der Waals surface area (Å²) < 4.78 is 14.1. The Morgan fingerprint density at radius 3 is 2.67 bits per heavy atom. The average Bonchev–Trinajstić information content (AvgIpc) is 3.53. The van der Waals surface area contributed by atoms with Crippen LogP contribution in [-0.4, -0.2) is 59.7 Å². The summed E-state index contributed by atoms with van der Waals surface area (Å²) in [5, 5.41) is 16.7. The average molecular weight is 515 g/mol. The van der Waals surface area contributed by atoms with Crippen LogP contribution in [0.15, 0.2) is 41.2 Å². The number of fused-ring (bicyclic) bond motifs is 1. The molecule has 0 saturated heterocycles. The molecule has 1 aromatic heterocycles. The molecule has 1 aliphatic rings. The van der Waals surface area contributed by atoms with Crippen LogP contribution in [0, 0.1) is 5.82 Å². The molecule has 9 heteroatoms. The molecule has 0 bridgehead atoms. The fraction of sp³-hybridized carbons (Fsp3) is 0.481. The second-order valence-corrected chi connectivity index (χ2v) is 10.4. The van der Waals surface area contributed by atoms with Crippen LogP contribution in [-0.2, 0) is 17.6 Å². The van der Waals surface area contributed by atoms with E-state index in [1.807, 2.05) is 17.0 Å². The zero-order valence-corrected chi connectivity index (χ0v) is 21.3. The number of nitrogens with zero attached hydrogens (tertiary/aromatic N) is 1. The smallest absolute Gasteiger partial charge is 0.305 e. The summed E-state index contributed by atoms with van der Waals surface area (Å²) in [5.41, 5.74) is 2.47. The number of thiazole rings is 1. The number of amides is 1. The molecule has 4 N–H and O–H groups in total. The standard InChI is InChI=1S/C27H35FN4O3S/c28-21-5-3-4-19(18-21)10-13-29-15-12-24(34)32(22-6-1-2-7-22)17-16-30-14-11-20-8-9-23(33)25-26(20)36-27(35)31-25/h3-5,8-9,18,22,29-30,33H,1-2,6-7,10-17H2,(H,31,35). The maximum Gasteiger partial charge on any atom is 0.305 e. The van der Waals surface area contributed by atoms with Gasteiger partial charge in [0, 0.05) is 32.1 Å². The Balaban J connectivity index is 1.20. The van der Waals surface area contributed by atoms with Crippen molar-refractivity contribution in [2.45, 2.75) is 51.0 Å². The quantitative estimate of drug-likeness (QED) is 0.262. The lowest BCUT2D eigenvalue weighted by molar-refractivity contribution is -0.133. The molecule has 0 unspecified atom stereocenters. The van der Waals surface area contributed by atoms with Gasteiger partial charge in [0.25, 0.3) is 0 Å². The number of aromatic amines is 1. The van der Waals surface area contributed by atoms with Gasteiger partial charge >= 0.3 is 4.87 Å². The third-order valence-electron chi connectivity index (χ3n) is 6.82. The number of carbonyl (C=O) groups is 1. The Bertz CT molecular complexity index is 1210. The van der Waals surface area contributed by atoms with Gasteiger partial charge in [-0.15, -0.1) is 0 Å². The summed E-state index contributed by atoms with van der Waals surface area (Å²) in [7, 11) is 0. The second-order valence-electron chi connectivity index (χ2n) is 9.37. The molecule has 1 heterocycles. The molecule has 194 valence electrons. The van der Waals surface area contributed by atoms with Crippen LogP contribution in [0.4, 0.5) is 4.39 Å². The molecule has 0 atom stereocenters. The van der Waals surface area contributed by atoms with Crippen LogP contribution >= 0.6 is 11.3 Å². The van der Waals surface area contributed by atoms with Crippen LogP contribution in [0.1, 0.15) is 43.2 Å². The van der Waals surface area contributed by atoms with Gasteiger partial charge in [-0.2, -0.15) is 0 Å². The molecule has 1 fully saturated rings. The lowest BCUT2D eigenvalue weighted by Gasteiger charge is -2.29. The first-order chi connectivity index (χ1) is 17.5. The Hall–Kier alpha value is -2.75. The van der Waals surface area contributed by atoms with Crippen LogP contribution in [0.3, 0.4) is 0 Å². The maximum absolute atomic E-state index is 13.3. The van der Waals surface area contributed by atoms with E-state index in [4.69, 9.17) is 0 Å². The van der Waals surface area contributed by atoms with Crippen molar-refractivity contribution in [1.29, 1.82) is 0 Å². The van der Waals surface area contributed by atoms with Gasteiger partial charge in [0.1, 0.15) is 17.1 Å². The number of H-pyrrole nitrogens is 1. The van der Waals surface area contributed by atoms with Crippen LogP contribution in [0.5, 0.6) is 5.75 Å². The van der Waals surface area contributed by atoms with Gasteiger partial charge in [0.2, 0.25) is 5.91 Å². The Labute approximate surface area is 214 Å². The molecule has 2 aromatic carbocycles. The van der Waals surface area contributed by atoms with Crippen molar-refractivity contribution in [2.75, 3.05) is 32.7 Å². The molecule has 0 radical (unpaired) electrons. The number of halogens is 1. The van der Waals surface area contributed by atoms with Crippen LogP contribution in [0.25, 0.3) is 10.2 Å². The number of benzene rings is 2. The number of carbonyl (C=O) groups excluding carboxylic acids is 1. The van der Waals surface area contributed by atoms with Gasteiger partial charge in [-0.3, -0.25) is 9.59 Å². The lowest BCUT2D eigenvalue weighted by Crippen LogP contribution is -2.44. The third-order valence-corrected chi connectivity index (χ3v) is 7.78. The summed E-state index contributed by atoms with van der Waals surface area (Å²) in [6, 6.07) is 10.4. The van der Waals surface area contributed by atoms with E-state index in [9.17, 15) is 19.1 Å². The minimum atomic E-state index is -0.221. The fourth-order valence-corrected chi connectivity index (χ4v) is 5.83. The summed E-state index contributed by atoms with van der Waals surface area (Å²) in [4.78, 5) is 29.3. The lowest BCUT2D eigenvalue weighted by atomic mass is 10.1. The highest BCUT2D eigenvalue weighted by molar-refractivity contribution is 7.16.